The van der Waals surface area contributed by atoms with E-state index < -0.39 is 0 Å². The third-order valence-corrected chi connectivity index (χ3v) is 3.04. The predicted molar refractivity (Wildman–Crippen MR) is 73.9 cm³/mol. The van der Waals surface area contributed by atoms with Crippen LogP contribution in [0.15, 0.2) is 54.6 Å². The van der Waals surface area contributed by atoms with Crippen molar-refractivity contribution in [1.82, 2.24) is 4.98 Å². The molecule has 0 radical (unpaired) electrons. The Bertz CT molecular complexity index is 725. The van der Waals surface area contributed by atoms with Crippen molar-refractivity contribution in [3.63, 3.8) is 0 Å². The summed E-state index contributed by atoms with van der Waals surface area (Å²) < 4.78 is 0. The Morgan fingerprint density at radius 2 is 1.78 bits per heavy atom. The van der Waals surface area contributed by atoms with Gasteiger partial charge in [0.15, 0.2) is 0 Å². The summed E-state index contributed by atoms with van der Waals surface area (Å²) in [6.45, 7) is 0. The first-order valence-electron chi connectivity index (χ1n) is 5.59. The molecule has 2 nitrogen and oxygen atoms in total. The second kappa shape index (κ2) is 4.31. The summed E-state index contributed by atoms with van der Waals surface area (Å²) in [5, 5.41) is 11.0. The van der Waals surface area contributed by atoms with E-state index in [4.69, 9.17) is 11.6 Å². The van der Waals surface area contributed by atoms with Crippen molar-refractivity contribution in [2.75, 3.05) is 0 Å². The fourth-order valence-electron chi connectivity index (χ4n) is 2.06. The molecule has 2 aromatic carbocycles. The molecular formula is C15H10ClNO. The summed E-state index contributed by atoms with van der Waals surface area (Å²) in [7, 11) is 0. The molecule has 0 atom stereocenters. The monoisotopic (exact) mass is 255 g/mol. The fourth-order valence-corrected chi connectivity index (χ4v) is 2.26. The van der Waals surface area contributed by atoms with Crippen molar-refractivity contribution in [3.8, 4) is 16.9 Å². The van der Waals surface area contributed by atoms with Gasteiger partial charge in [0.1, 0.15) is 10.9 Å². The van der Waals surface area contributed by atoms with Crippen molar-refractivity contribution < 1.29 is 5.11 Å². The van der Waals surface area contributed by atoms with Gasteiger partial charge in [-0.1, -0.05) is 41.9 Å². The summed E-state index contributed by atoms with van der Waals surface area (Å²) in [6, 6.07) is 16.8. The van der Waals surface area contributed by atoms with Gasteiger partial charge >= 0.3 is 0 Å². The quantitative estimate of drug-likeness (QED) is 0.659. The lowest BCUT2D eigenvalue weighted by Crippen LogP contribution is -1.85. The van der Waals surface area contributed by atoms with Crippen LogP contribution in [0.5, 0.6) is 5.75 Å². The van der Waals surface area contributed by atoms with Crippen molar-refractivity contribution in [3.05, 3.63) is 59.8 Å². The van der Waals surface area contributed by atoms with E-state index in [1.807, 2.05) is 42.5 Å². The Morgan fingerprint density at radius 3 is 2.61 bits per heavy atom. The highest BCUT2D eigenvalue weighted by Crippen LogP contribution is 2.31. The number of hydrogen-bond acceptors (Lipinski definition) is 2. The van der Waals surface area contributed by atoms with Crippen LogP contribution in [0, 0.1) is 0 Å². The average Bonchev–Trinajstić information content (AvgIpc) is 2.37. The second-order valence-electron chi connectivity index (χ2n) is 4.06. The number of phenolic OH excluding ortho intramolecular Hbond substituents is 1. The van der Waals surface area contributed by atoms with Crippen molar-refractivity contribution >= 4 is 22.5 Å². The number of fused-ring (bicyclic) bond motifs is 1. The Hall–Kier alpha value is -2.06. The zero-order valence-corrected chi connectivity index (χ0v) is 10.2. The molecule has 0 aliphatic heterocycles. The van der Waals surface area contributed by atoms with E-state index in [0.717, 1.165) is 22.0 Å². The highest BCUT2D eigenvalue weighted by molar-refractivity contribution is 6.30. The summed E-state index contributed by atoms with van der Waals surface area (Å²) in [4.78, 5) is 4.29. The van der Waals surface area contributed by atoms with Gasteiger partial charge in [-0.25, -0.2) is 4.98 Å². The van der Waals surface area contributed by atoms with E-state index in [2.05, 4.69) is 4.98 Å². The van der Waals surface area contributed by atoms with Gasteiger partial charge in [0.05, 0.1) is 5.52 Å². The molecule has 3 aromatic rings. The maximum Gasteiger partial charge on any atom is 0.130 e. The van der Waals surface area contributed by atoms with Crippen LogP contribution in [0.1, 0.15) is 0 Å². The minimum absolute atomic E-state index is 0.240. The number of aromatic hydroxyl groups is 1. The number of halogens is 1. The van der Waals surface area contributed by atoms with Crippen LogP contribution in [0.4, 0.5) is 0 Å². The smallest absolute Gasteiger partial charge is 0.130 e. The molecule has 1 aromatic heterocycles. The van der Waals surface area contributed by atoms with Crippen LogP contribution >= 0.6 is 11.6 Å². The Labute approximate surface area is 109 Å². The van der Waals surface area contributed by atoms with Gasteiger partial charge in [0, 0.05) is 5.39 Å². The maximum absolute atomic E-state index is 9.57. The first-order valence-corrected chi connectivity index (χ1v) is 5.96. The Balaban J connectivity index is 2.34. The van der Waals surface area contributed by atoms with Gasteiger partial charge in [0.2, 0.25) is 0 Å². The normalized spacial score (nSPS) is 10.7. The van der Waals surface area contributed by atoms with Gasteiger partial charge < -0.3 is 5.11 Å². The van der Waals surface area contributed by atoms with Crippen LogP contribution < -0.4 is 0 Å². The number of pyridine rings is 1. The molecule has 88 valence electrons. The van der Waals surface area contributed by atoms with E-state index in [9.17, 15) is 5.11 Å². The molecule has 0 fully saturated rings. The largest absolute Gasteiger partial charge is 0.508 e. The zero-order valence-electron chi connectivity index (χ0n) is 9.47. The minimum Gasteiger partial charge on any atom is -0.508 e. The second-order valence-corrected chi connectivity index (χ2v) is 4.45. The number of hydrogen-bond donors (Lipinski definition) is 1. The zero-order chi connectivity index (χ0) is 12.5. The molecule has 3 heteroatoms. The van der Waals surface area contributed by atoms with Gasteiger partial charge in [-0.3, -0.25) is 0 Å². The van der Waals surface area contributed by atoms with Crippen molar-refractivity contribution in [1.29, 1.82) is 0 Å². The molecule has 0 spiro atoms. The highest BCUT2D eigenvalue weighted by atomic mass is 35.5. The van der Waals surface area contributed by atoms with E-state index in [0.29, 0.717) is 5.15 Å². The molecule has 0 aliphatic rings. The number of benzene rings is 2. The van der Waals surface area contributed by atoms with Crippen molar-refractivity contribution in [2.45, 2.75) is 0 Å². The highest BCUT2D eigenvalue weighted by Gasteiger charge is 2.07. The Kier molecular flexibility index (Phi) is 2.65. The lowest BCUT2D eigenvalue weighted by atomic mass is 10.0. The minimum atomic E-state index is 0.240. The molecule has 0 saturated carbocycles. The SMILES string of the molecule is Oc1cccc(-c2cc(Cl)nc3ccccc23)c1. The van der Waals surface area contributed by atoms with Crippen LogP contribution in [0.25, 0.3) is 22.0 Å². The first kappa shape index (κ1) is 11.1. The number of aromatic nitrogens is 1. The fraction of sp³-hybridized carbons (Fsp3) is 0. The van der Waals surface area contributed by atoms with Gasteiger partial charge in [0.25, 0.3) is 0 Å². The molecule has 1 heterocycles. The van der Waals surface area contributed by atoms with Crippen LogP contribution in [0.2, 0.25) is 5.15 Å². The molecule has 0 bridgehead atoms. The van der Waals surface area contributed by atoms with Crippen LogP contribution in [-0.2, 0) is 0 Å². The van der Waals surface area contributed by atoms with Gasteiger partial charge in [-0.15, -0.1) is 0 Å². The summed E-state index contributed by atoms with van der Waals surface area (Å²) in [5.74, 6) is 0.240. The molecule has 0 unspecified atom stereocenters. The molecule has 0 amide bonds. The lowest BCUT2D eigenvalue weighted by molar-refractivity contribution is 0.475. The van der Waals surface area contributed by atoms with Crippen LogP contribution in [-0.4, -0.2) is 10.1 Å². The third kappa shape index (κ3) is 1.91. The lowest BCUT2D eigenvalue weighted by Gasteiger charge is -2.07. The molecule has 18 heavy (non-hydrogen) atoms. The molecule has 3 rings (SSSR count). The van der Waals surface area contributed by atoms with Crippen LogP contribution in [0.3, 0.4) is 0 Å². The van der Waals surface area contributed by atoms with E-state index >= 15 is 0 Å². The third-order valence-electron chi connectivity index (χ3n) is 2.84. The standard InChI is InChI=1S/C15H10ClNO/c16-15-9-13(10-4-3-5-11(18)8-10)12-6-1-2-7-14(12)17-15/h1-9,18H. The van der Waals surface area contributed by atoms with Gasteiger partial charge in [-0.05, 0) is 35.4 Å². The van der Waals surface area contributed by atoms with Crippen molar-refractivity contribution in [2.24, 2.45) is 0 Å². The number of phenols is 1. The van der Waals surface area contributed by atoms with E-state index in [1.165, 1.54) is 0 Å². The number of para-hydroxylation sites is 1. The molecule has 1 N–H and O–H groups in total. The number of nitrogens with zero attached hydrogens (tertiary/aromatic N) is 1. The number of rotatable bonds is 1. The van der Waals surface area contributed by atoms with E-state index in [1.54, 1.807) is 12.1 Å². The summed E-state index contributed by atoms with van der Waals surface area (Å²) in [6.07, 6.45) is 0. The Morgan fingerprint density at radius 1 is 0.944 bits per heavy atom. The molecule has 0 aliphatic carbocycles. The average molecular weight is 256 g/mol. The summed E-state index contributed by atoms with van der Waals surface area (Å²) in [5.41, 5.74) is 2.75. The topological polar surface area (TPSA) is 33.1 Å². The van der Waals surface area contributed by atoms with Gasteiger partial charge in [-0.2, -0.15) is 0 Å². The predicted octanol–water partition coefficient (Wildman–Crippen LogP) is 4.26. The molecule has 0 saturated heterocycles. The first-order chi connectivity index (χ1) is 8.74. The van der Waals surface area contributed by atoms with E-state index in [-0.39, 0.29) is 5.75 Å². The molecular weight excluding hydrogens is 246 g/mol. The summed E-state index contributed by atoms with van der Waals surface area (Å²) >= 11 is 6.04. The maximum atomic E-state index is 9.57.